The first-order chi connectivity index (χ1) is 9.42. The molecule has 2 aromatic rings. The van der Waals surface area contributed by atoms with Gasteiger partial charge < -0.3 is 9.72 Å². The monoisotopic (exact) mass is 383 g/mol. The molecule has 1 N–H and O–H groups in total. The summed E-state index contributed by atoms with van der Waals surface area (Å²) >= 11 is 1.89. The van der Waals surface area contributed by atoms with Gasteiger partial charge in [0, 0.05) is 5.69 Å². The lowest BCUT2D eigenvalue weighted by Gasteiger charge is -2.12. The van der Waals surface area contributed by atoms with Crippen molar-refractivity contribution in [3.63, 3.8) is 0 Å². The third kappa shape index (κ3) is 2.92. The number of hydrogen-bond acceptors (Lipinski definition) is 3. The molecule has 0 unspecified atom stereocenters. The number of nitrogens with one attached hydrogen (secondary N) is 1. The van der Waals surface area contributed by atoms with E-state index in [1.807, 2.05) is 54.6 Å². The number of hydrogen-bond donors (Lipinski definition) is 1. The highest BCUT2D eigenvalue weighted by Crippen LogP contribution is 2.29. The van der Waals surface area contributed by atoms with E-state index >= 15 is 0 Å². The van der Waals surface area contributed by atoms with Gasteiger partial charge in [0.1, 0.15) is 9.32 Å². The summed E-state index contributed by atoms with van der Waals surface area (Å²) in [5.41, 5.74) is 2.74. The molecule has 104 valence electrons. The Morgan fingerprint density at radius 3 is 2.30 bits per heavy atom. The number of carbonyl (C=O) groups is 1. The van der Waals surface area contributed by atoms with Crippen LogP contribution in [0.4, 0.5) is 0 Å². The largest absolute Gasteiger partial charge is 0.455 e. The molecule has 0 aliphatic heterocycles. The molecule has 20 heavy (non-hydrogen) atoms. The molecule has 4 nitrogen and oxygen atoms in total. The Hall–Kier alpha value is -1.63. The zero-order valence-electron chi connectivity index (χ0n) is 11.4. The maximum absolute atomic E-state index is 11.8. The molecule has 0 aliphatic rings. The summed E-state index contributed by atoms with van der Waals surface area (Å²) < 4.78 is 6.17. The molecule has 0 atom stereocenters. The van der Waals surface area contributed by atoms with Crippen LogP contribution in [0.5, 0.6) is 11.5 Å². The normalized spacial score (nSPS) is 10.4. The maximum Gasteiger partial charge on any atom is 0.265 e. The van der Waals surface area contributed by atoms with Gasteiger partial charge in [-0.25, -0.2) is 0 Å². The standard InChI is InChI=1S/C15H14INO3/c1-8-4-9(2)6-11(5-8)20-14-12(7-18)10(3)17-15(19)13(14)16/h4-7H,1-3H3,(H,17,19). The summed E-state index contributed by atoms with van der Waals surface area (Å²) in [6.07, 6.45) is 0.700. The smallest absolute Gasteiger partial charge is 0.265 e. The molecular formula is C15H14INO3. The number of benzene rings is 1. The van der Waals surface area contributed by atoms with Gasteiger partial charge in [0.25, 0.3) is 5.56 Å². The van der Waals surface area contributed by atoms with E-state index in [2.05, 4.69) is 4.98 Å². The molecule has 1 aromatic carbocycles. The van der Waals surface area contributed by atoms with Crippen LogP contribution in [0.15, 0.2) is 23.0 Å². The lowest BCUT2D eigenvalue weighted by Crippen LogP contribution is -2.15. The minimum Gasteiger partial charge on any atom is -0.455 e. The fourth-order valence-electron chi connectivity index (χ4n) is 2.04. The zero-order chi connectivity index (χ0) is 14.9. The van der Waals surface area contributed by atoms with Gasteiger partial charge in [0.15, 0.2) is 12.0 Å². The molecule has 2 rings (SSSR count). The second-order valence-corrected chi connectivity index (χ2v) is 5.76. The van der Waals surface area contributed by atoms with E-state index < -0.39 is 0 Å². The van der Waals surface area contributed by atoms with Crippen LogP contribution < -0.4 is 10.3 Å². The number of ether oxygens (including phenoxy) is 1. The summed E-state index contributed by atoms with van der Waals surface area (Å²) in [6, 6.07) is 5.77. The van der Waals surface area contributed by atoms with Crippen molar-refractivity contribution in [3.05, 3.63) is 54.5 Å². The van der Waals surface area contributed by atoms with Crippen LogP contribution in [0, 0.1) is 24.3 Å². The number of rotatable bonds is 3. The van der Waals surface area contributed by atoms with E-state index in [-0.39, 0.29) is 5.56 Å². The molecule has 0 bridgehead atoms. The molecular weight excluding hydrogens is 369 g/mol. The Labute approximate surface area is 130 Å². The van der Waals surface area contributed by atoms with Crippen LogP contribution in [0.2, 0.25) is 0 Å². The van der Waals surface area contributed by atoms with Crippen molar-refractivity contribution in [1.82, 2.24) is 4.98 Å². The SMILES string of the molecule is Cc1cc(C)cc(Oc2c(C=O)c(C)[nH]c(=O)c2I)c1. The van der Waals surface area contributed by atoms with Crippen molar-refractivity contribution in [3.8, 4) is 11.5 Å². The van der Waals surface area contributed by atoms with Gasteiger partial charge in [-0.1, -0.05) is 6.07 Å². The number of pyridine rings is 1. The Bertz CT molecular complexity index is 714. The Morgan fingerprint density at radius 2 is 1.75 bits per heavy atom. The molecule has 5 heteroatoms. The van der Waals surface area contributed by atoms with Gasteiger partial charge in [-0.15, -0.1) is 0 Å². The number of halogens is 1. The average molecular weight is 383 g/mol. The Balaban J connectivity index is 2.58. The maximum atomic E-state index is 11.8. The fraction of sp³-hybridized carbons (Fsp3) is 0.200. The second kappa shape index (κ2) is 5.78. The lowest BCUT2D eigenvalue weighted by molar-refractivity contribution is 0.112. The van der Waals surface area contributed by atoms with Gasteiger partial charge >= 0.3 is 0 Å². The van der Waals surface area contributed by atoms with Crippen LogP contribution in [0.3, 0.4) is 0 Å². The number of aryl methyl sites for hydroxylation is 3. The summed E-state index contributed by atoms with van der Waals surface area (Å²) in [6.45, 7) is 5.61. The Morgan fingerprint density at radius 1 is 1.15 bits per heavy atom. The highest BCUT2D eigenvalue weighted by Gasteiger charge is 2.16. The van der Waals surface area contributed by atoms with Crippen LogP contribution in [0.25, 0.3) is 0 Å². The first-order valence-corrected chi connectivity index (χ1v) is 7.14. The Kier molecular flexibility index (Phi) is 4.27. The first kappa shape index (κ1) is 14.8. The van der Waals surface area contributed by atoms with Crippen molar-refractivity contribution < 1.29 is 9.53 Å². The molecule has 0 spiro atoms. The quantitative estimate of drug-likeness (QED) is 0.652. The predicted molar refractivity (Wildman–Crippen MR) is 85.9 cm³/mol. The van der Waals surface area contributed by atoms with E-state index in [0.29, 0.717) is 32.6 Å². The van der Waals surface area contributed by atoms with Crippen LogP contribution in [-0.2, 0) is 0 Å². The minimum absolute atomic E-state index is 0.256. The second-order valence-electron chi connectivity index (χ2n) is 4.68. The summed E-state index contributed by atoms with van der Waals surface area (Å²) in [7, 11) is 0. The minimum atomic E-state index is -0.256. The number of aldehydes is 1. The van der Waals surface area contributed by atoms with Crippen molar-refractivity contribution in [2.45, 2.75) is 20.8 Å². The van der Waals surface area contributed by atoms with Gasteiger partial charge in [0.2, 0.25) is 0 Å². The average Bonchev–Trinajstić information content (AvgIpc) is 2.34. The first-order valence-electron chi connectivity index (χ1n) is 6.06. The third-order valence-electron chi connectivity index (χ3n) is 2.88. The topological polar surface area (TPSA) is 59.2 Å². The van der Waals surface area contributed by atoms with Crippen LogP contribution >= 0.6 is 22.6 Å². The predicted octanol–water partition coefficient (Wildman–Crippen LogP) is 3.51. The summed E-state index contributed by atoms with van der Waals surface area (Å²) in [4.78, 5) is 25.7. The number of carbonyl (C=O) groups excluding carboxylic acids is 1. The molecule has 0 saturated heterocycles. The van der Waals surface area contributed by atoms with Crippen molar-refractivity contribution in [1.29, 1.82) is 0 Å². The summed E-state index contributed by atoms with van der Waals surface area (Å²) in [5.74, 6) is 0.931. The van der Waals surface area contributed by atoms with Gasteiger partial charge in [-0.05, 0) is 66.6 Å². The van der Waals surface area contributed by atoms with Gasteiger partial charge in [-0.3, -0.25) is 9.59 Å². The van der Waals surface area contributed by atoms with Gasteiger partial charge in [-0.2, -0.15) is 0 Å². The molecule has 1 aromatic heterocycles. The molecule has 0 fully saturated rings. The van der Waals surface area contributed by atoms with Crippen molar-refractivity contribution in [2.75, 3.05) is 0 Å². The third-order valence-corrected chi connectivity index (χ3v) is 3.86. The van der Waals surface area contributed by atoms with E-state index in [4.69, 9.17) is 4.74 Å². The molecule has 0 amide bonds. The molecule has 0 saturated carbocycles. The van der Waals surface area contributed by atoms with Gasteiger partial charge in [0.05, 0.1) is 5.56 Å². The van der Waals surface area contributed by atoms with E-state index in [0.717, 1.165) is 11.1 Å². The van der Waals surface area contributed by atoms with Crippen LogP contribution in [0.1, 0.15) is 27.2 Å². The fourth-order valence-corrected chi connectivity index (χ4v) is 2.57. The van der Waals surface area contributed by atoms with Crippen molar-refractivity contribution >= 4 is 28.9 Å². The van der Waals surface area contributed by atoms with E-state index in [9.17, 15) is 9.59 Å². The molecule has 0 radical (unpaired) electrons. The number of aromatic amines is 1. The zero-order valence-corrected chi connectivity index (χ0v) is 13.6. The molecule has 0 aliphatic carbocycles. The van der Waals surface area contributed by atoms with E-state index in [1.54, 1.807) is 6.92 Å². The molecule has 1 heterocycles. The number of aromatic nitrogens is 1. The lowest BCUT2D eigenvalue weighted by atomic mass is 10.1. The number of H-pyrrole nitrogens is 1. The van der Waals surface area contributed by atoms with Crippen LogP contribution in [-0.4, -0.2) is 11.3 Å². The highest BCUT2D eigenvalue weighted by molar-refractivity contribution is 14.1. The highest BCUT2D eigenvalue weighted by atomic mass is 127. The summed E-state index contributed by atoms with van der Waals surface area (Å²) in [5, 5.41) is 0. The van der Waals surface area contributed by atoms with E-state index in [1.165, 1.54) is 0 Å². The van der Waals surface area contributed by atoms with Crippen molar-refractivity contribution in [2.24, 2.45) is 0 Å².